The number of aromatic nitrogens is 2. The van der Waals surface area contributed by atoms with E-state index in [1.807, 2.05) is 12.1 Å². The summed E-state index contributed by atoms with van der Waals surface area (Å²) in [6.07, 6.45) is 0.924. The lowest BCUT2D eigenvalue weighted by Crippen LogP contribution is -2.06. The van der Waals surface area contributed by atoms with E-state index >= 15 is 0 Å². The second kappa shape index (κ2) is 5.45. The highest BCUT2D eigenvalue weighted by atomic mass is 16.4. The third-order valence-electron chi connectivity index (χ3n) is 2.57. The van der Waals surface area contributed by atoms with Gasteiger partial charge in [-0.25, -0.2) is 0 Å². The van der Waals surface area contributed by atoms with Crippen LogP contribution in [0.4, 0.5) is 6.01 Å². The molecule has 0 bridgehead atoms. The Kier molecular flexibility index (Phi) is 3.72. The van der Waals surface area contributed by atoms with Gasteiger partial charge in [0, 0.05) is 6.54 Å². The van der Waals surface area contributed by atoms with Crippen LogP contribution in [0.1, 0.15) is 17.0 Å². The van der Waals surface area contributed by atoms with Crippen LogP contribution < -0.4 is 11.1 Å². The minimum Gasteiger partial charge on any atom is -0.407 e. The predicted molar refractivity (Wildman–Crippen MR) is 65.6 cm³/mol. The molecule has 90 valence electrons. The standard InChI is InChI=1S/C12H16N4O/c1-9-4-2-3-5-10(9)6-7-14-12-16-15-11(8-13)17-12/h2-5H,6-8,13H2,1H3,(H,14,16). The number of hydrogen-bond acceptors (Lipinski definition) is 5. The maximum absolute atomic E-state index is 5.38. The summed E-state index contributed by atoms with van der Waals surface area (Å²) in [6, 6.07) is 8.74. The fourth-order valence-corrected chi connectivity index (χ4v) is 1.60. The SMILES string of the molecule is Cc1ccccc1CCNc1nnc(CN)o1. The summed E-state index contributed by atoms with van der Waals surface area (Å²) in [5.41, 5.74) is 7.99. The molecule has 1 aromatic heterocycles. The molecule has 0 aliphatic rings. The molecule has 0 aliphatic carbocycles. The lowest BCUT2D eigenvalue weighted by Gasteiger charge is -2.05. The smallest absolute Gasteiger partial charge is 0.315 e. The number of anilines is 1. The van der Waals surface area contributed by atoms with Crippen molar-refractivity contribution >= 4 is 6.01 Å². The van der Waals surface area contributed by atoms with Crippen LogP contribution in [0.3, 0.4) is 0 Å². The molecule has 1 aromatic carbocycles. The second-order valence-electron chi connectivity index (χ2n) is 3.81. The van der Waals surface area contributed by atoms with E-state index < -0.39 is 0 Å². The Morgan fingerprint density at radius 2 is 2.12 bits per heavy atom. The molecule has 2 rings (SSSR count). The first-order valence-corrected chi connectivity index (χ1v) is 5.60. The highest BCUT2D eigenvalue weighted by molar-refractivity contribution is 5.27. The van der Waals surface area contributed by atoms with E-state index in [-0.39, 0.29) is 6.54 Å². The van der Waals surface area contributed by atoms with Crippen molar-refractivity contribution in [2.75, 3.05) is 11.9 Å². The van der Waals surface area contributed by atoms with Gasteiger partial charge in [0.15, 0.2) is 0 Å². The van der Waals surface area contributed by atoms with Crippen LogP contribution in [0.5, 0.6) is 0 Å². The van der Waals surface area contributed by atoms with Crippen molar-refractivity contribution in [2.24, 2.45) is 5.73 Å². The fraction of sp³-hybridized carbons (Fsp3) is 0.333. The van der Waals surface area contributed by atoms with Gasteiger partial charge in [0.25, 0.3) is 0 Å². The van der Waals surface area contributed by atoms with Crippen LogP contribution in [0.2, 0.25) is 0 Å². The lowest BCUT2D eigenvalue weighted by molar-refractivity contribution is 0.507. The fourth-order valence-electron chi connectivity index (χ4n) is 1.60. The van der Waals surface area contributed by atoms with Crippen LogP contribution in [0.25, 0.3) is 0 Å². The van der Waals surface area contributed by atoms with Gasteiger partial charge >= 0.3 is 6.01 Å². The Bertz CT molecular complexity index is 481. The molecule has 0 radical (unpaired) electrons. The van der Waals surface area contributed by atoms with Gasteiger partial charge in [0.05, 0.1) is 6.54 Å². The number of nitrogens with zero attached hydrogens (tertiary/aromatic N) is 2. The van der Waals surface area contributed by atoms with Gasteiger partial charge in [0.1, 0.15) is 0 Å². The molecule has 0 spiro atoms. The Morgan fingerprint density at radius 1 is 1.29 bits per heavy atom. The zero-order valence-electron chi connectivity index (χ0n) is 9.81. The van der Waals surface area contributed by atoms with E-state index in [0.717, 1.165) is 13.0 Å². The van der Waals surface area contributed by atoms with Crippen LogP contribution in [-0.4, -0.2) is 16.7 Å². The molecule has 0 fully saturated rings. The normalized spacial score (nSPS) is 10.5. The van der Waals surface area contributed by atoms with Crippen LogP contribution >= 0.6 is 0 Å². The highest BCUT2D eigenvalue weighted by Crippen LogP contribution is 2.09. The molecule has 0 amide bonds. The second-order valence-corrected chi connectivity index (χ2v) is 3.81. The Balaban J connectivity index is 1.85. The van der Waals surface area contributed by atoms with Crippen molar-refractivity contribution in [1.82, 2.24) is 10.2 Å². The van der Waals surface area contributed by atoms with Crippen LogP contribution in [0.15, 0.2) is 28.7 Å². The molecule has 3 N–H and O–H groups in total. The first-order valence-electron chi connectivity index (χ1n) is 5.60. The summed E-state index contributed by atoms with van der Waals surface area (Å²) >= 11 is 0. The zero-order valence-corrected chi connectivity index (χ0v) is 9.81. The number of nitrogens with one attached hydrogen (secondary N) is 1. The van der Waals surface area contributed by atoms with Crippen molar-refractivity contribution < 1.29 is 4.42 Å². The van der Waals surface area contributed by atoms with Gasteiger partial charge in [-0.05, 0) is 24.5 Å². The Labute approximate surface area is 100 Å². The summed E-state index contributed by atoms with van der Waals surface area (Å²) in [7, 11) is 0. The minimum absolute atomic E-state index is 0.270. The summed E-state index contributed by atoms with van der Waals surface area (Å²) in [5, 5.41) is 10.7. The average molecular weight is 232 g/mol. The quantitative estimate of drug-likeness (QED) is 0.816. The van der Waals surface area contributed by atoms with Crippen LogP contribution in [-0.2, 0) is 13.0 Å². The summed E-state index contributed by atoms with van der Waals surface area (Å²) < 4.78 is 5.24. The monoisotopic (exact) mass is 232 g/mol. The molecule has 0 aliphatic heterocycles. The number of nitrogens with two attached hydrogens (primary N) is 1. The molecule has 0 atom stereocenters. The van der Waals surface area contributed by atoms with E-state index in [1.54, 1.807) is 0 Å². The highest BCUT2D eigenvalue weighted by Gasteiger charge is 2.03. The van der Waals surface area contributed by atoms with E-state index in [0.29, 0.717) is 11.9 Å². The number of hydrogen-bond donors (Lipinski definition) is 2. The first-order chi connectivity index (χ1) is 8.29. The number of rotatable bonds is 5. The molecule has 2 aromatic rings. The van der Waals surface area contributed by atoms with Crippen molar-refractivity contribution in [3.63, 3.8) is 0 Å². The number of aryl methyl sites for hydroxylation is 1. The van der Waals surface area contributed by atoms with Crippen molar-refractivity contribution in [3.8, 4) is 0 Å². The van der Waals surface area contributed by atoms with Crippen LogP contribution in [0, 0.1) is 6.92 Å². The first kappa shape index (κ1) is 11.6. The largest absolute Gasteiger partial charge is 0.407 e. The maximum Gasteiger partial charge on any atom is 0.315 e. The minimum atomic E-state index is 0.270. The molecule has 0 saturated heterocycles. The predicted octanol–water partition coefficient (Wildman–Crippen LogP) is 1.49. The van der Waals surface area contributed by atoms with E-state index in [4.69, 9.17) is 10.2 Å². The Hall–Kier alpha value is -1.88. The van der Waals surface area contributed by atoms with Gasteiger partial charge in [-0.1, -0.05) is 29.4 Å². The van der Waals surface area contributed by atoms with Crippen molar-refractivity contribution in [1.29, 1.82) is 0 Å². The topological polar surface area (TPSA) is 77.0 Å². The van der Waals surface area contributed by atoms with Crippen molar-refractivity contribution in [3.05, 3.63) is 41.3 Å². The molecular weight excluding hydrogens is 216 g/mol. The summed E-state index contributed by atoms with van der Waals surface area (Å²) in [6.45, 7) is 3.14. The van der Waals surface area contributed by atoms with Gasteiger partial charge in [-0.2, -0.15) is 0 Å². The van der Waals surface area contributed by atoms with E-state index in [9.17, 15) is 0 Å². The summed E-state index contributed by atoms with van der Waals surface area (Å²) in [4.78, 5) is 0. The molecule has 0 saturated carbocycles. The van der Waals surface area contributed by atoms with Gasteiger partial charge in [0.2, 0.25) is 5.89 Å². The van der Waals surface area contributed by atoms with E-state index in [2.05, 4.69) is 34.6 Å². The molecular formula is C12H16N4O. The molecule has 17 heavy (non-hydrogen) atoms. The lowest BCUT2D eigenvalue weighted by atomic mass is 10.1. The molecule has 0 unspecified atom stereocenters. The van der Waals surface area contributed by atoms with E-state index in [1.165, 1.54) is 11.1 Å². The molecule has 1 heterocycles. The van der Waals surface area contributed by atoms with Gasteiger partial charge < -0.3 is 15.5 Å². The number of benzene rings is 1. The third kappa shape index (κ3) is 3.04. The van der Waals surface area contributed by atoms with Gasteiger partial charge in [-0.15, -0.1) is 5.10 Å². The van der Waals surface area contributed by atoms with Gasteiger partial charge in [-0.3, -0.25) is 0 Å². The maximum atomic E-state index is 5.38. The summed E-state index contributed by atoms with van der Waals surface area (Å²) in [5.74, 6) is 0.448. The third-order valence-corrected chi connectivity index (χ3v) is 2.57. The average Bonchev–Trinajstić information content (AvgIpc) is 2.80. The molecule has 5 heteroatoms. The zero-order chi connectivity index (χ0) is 12.1. The van der Waals surface area contributed by atoms with Crippen molar-refractivity contribution in [2.45, 2.75) is 19.9 Å². The molecule has 5 nitrogen and oxygen atoms in total. The Morgan fingerprint density at radius 3 is 2.82 bits per heavy atom.